The second-order valence-corrected chi connectivity index (χ2v) is 3.31. The fraction of sp³-hybridized carbons (Fsp3) is 0.222. The third-order valence-corrected chi connectivity index (χ3v) is 2.49. The van der Waals surface area contributed by atoms with Crippen molar-refractivity contribution in [2.75, 3.05) is 6.26 Å². The van der Waals surface area contributed by atoms with Crippen LogP contribution in [0, 0.1) is 0 Å². The number of benzene rings is 1. The molecule has 0 heterocycles. The van der Waals surface area contributed by atoms with Gasteiger partial charge < -0.3 is 5.21 Å². The minimum Gasteiger partial charge on any atom is -0.411 e. The summed E-state index contributed by atoms with van der Waals surface area (Å²) in [5.41, 5.74) is 1.16. The highest BCUT2D eigenvalue weighted by Gasteiger charge is 2.05. The number of oxime groups is 1. The largest absolute Gasteiger partial charge is 0.411 e. The molecule has 1 unspecified atom stereocenters. The lowest BCUT2D eigenvalue weighted by molar-refractivity contribution is 0.320. The monoisotopic (exact) mass is 181 g/mol. The molecule has 1 aromatic carbocycles. The summed E-state index contributed by atoms with van der Waals surface area (Å²) in [5, 5.41) is 11.6. The van der Waals surface area contributed by atoms with Crippen LogP contribution in [-0.2, 0) is 0 Å². The van der Waals surface area contributed by atoms with Crippen LogP contribution in [0.5, 0.6) is 0 Å². The van der Waals surface area contributed by atoms with Crippen molar-refractivity contribution in [1.29, 1.82) is 0 Å². The minimum absolute atomic E-state index is 0.149. The normalized spacial score (nSPS) is 13.4. The first-order chi connectivity index (χ1) is 5.88. The van der Waals surface area contributed by atoms with Gasteiger partial charge in [0, 0.05) is 0 Å². The van der Waals surface area contributed by atoms with Crippen LogP contribution in [0.25, 0.3) is 0 Å². The Morgan fingerprint density at radius 3 is 2.58 bits per heavy atom. The zero-order valence-electron chi connectivity index (χ0n) is 6.84. The second kappa shape index (κ2) is 4.83. The van der Waals surface area contributed by atoms with Gasteiger partial charge in [0.15, 0.2) is 0 Å². The van der Waals surface area contributed by atoms with Gasteiger partial charge in [-0.3, -0.25) is 0 Å². The standard InChI is InChI=1S/C9H11NOS/c1-12-9(7-10-11)8-5-3-2-4-6-8/h2-7,9,11H,1H3/b10-7-. The minimum atomic E-state index is 0.149. The summed E-state index contributed by atoms with van der Waals surface area (Å²) >= 11 is 1.64. The third kappa shape index (κ3) is 2.27. The van der Waals surface area contributed by atoms with Gasteiger partial charge in [0.1, 0.15) is 0 Å². The summed E-state index contributed by atoms with van der Waals surface area (Å²) in [6.07, 6.45) is 3.51. The van der Waals surface area contributed by atoms with Crippen LogP contribution in [0.1, 0.15) is 10.8 Å². The molecule has 0 bridgehead atoms. The highest BCUT2D eigenvalue weighted by Crippen LogP contribution is 2.23. The van der Waals surface area contributed by atoms with Crippen molar-refractivity contribution in [3.05, 3.63) is 35.9 Å². The Morgan fingerprint density at radius 2 is 2.08 bits per heavy atom. The first-order valence-corrected chi connectivity index (χ1v) is 4.92. The average Bonchev–Trinajstić information content (AvgIpc) is 2.15. The second-order valence-electron chi connectivity index (χ2n) is 2.33. The van der Waals surface area contributed by atoms with E-state index in [1.807, 2.05) is 36.6 Å². The number of thioether (sulfide) groups is 1. The van der Waals surface area contributed by atoms with E-state index in [1.165, 1.54) is 6.21 Å². The zero-order valence-corrected chi connectivity index (χ0v) is 7.66. The van der Waals surface area contributed by atoms with Gasteiger partial charge in [-0.1, -0.05) is 30.3 Å². The Balaban J connectivity index is 2.80. The molecule has 2 nitrogen and oxygen atoms in total. The number of hydrogen-bond donors (Lipinski definition) is 1. The SMILES string of the molecule is CSC(/C=N\O)c1ccccc1. The molecule has 0 radical (unpaired) electrons. The van der Waals surface area contributed by atoms with E-state index in [-0.39, 0.29) is 5.25 Å². The van der Waals surface area contributed by atoms with Crippen molar-refractivity contribution in [2.24, 2.45) is 5.16 Å². The van der Waals surface area contributed by atoms with E-state index in [0.717, 1.165) is 5.56 Å². The van der Waals surface area contributed by atoms with E-state index in [0.29, 0.717) is 0 Å². The summed E-state index contributed by atoms with van der Waals surface area (Å²) in [6.45, 7) is 0. The molecule has 1 rings (SSSR count). The van der Waals surface area contributed by atoms with E-state index < -0.39 is 0 Å². The average molecular weight is 181 g/mol. The van der Waals surface area contributed by atoms with E-state index in [4.69, 9.17) is 5.21 Å². The maximum atomic E-state index is 8.39. The Labute approximate surface area is 76.3 Å². The first kappa shape index (κ1) is 9.13. The molecular formula is C9H11NOS. The van der Waals surface area contributed by atoms with Crippen molar-refractivity contribution < 1.29 is 5.21 Å². The lowest BCUT2D eigenvalue weighted by atomic mass is 10.2. The van der Waals surface area contributed by atoms with Gasteiger partial charge in [0.05, 0.1) is 11.5 Å². The maximum Gasteiger partial charge on any atom is 0.0680 e. The zero-order chi connectivity index (χ0) is 8.81. The highest BCUT2D eigenvalue weighted by molar-refractivity contribution is 7.99. The molecule has 12 heavy (non-hydrogen) atoms. The molecule has 0 aliphatic heterocycles. The molecule has 0 spiro atoms. The van der Waals surface area contributed by atoms with Crippen molar-refractivity contribution in [1.82, 2.24) is 0 Å². The van der Waals surface area contributed by atoms with Gasteiger partial charge in [0.2, 0.25) is 0 Å². The first-order valence-electron chi connectivity index (χ1n) is 3.63. The Bertz CT molecular complexity index is 248. The summed E-state index contributed by atoms with van der Waals surface area (Å²) in [7, 11) is 0. The number of rotatable bonds is 3. The van der Waals surface area contributed by atoms with Crippen LogP contribution in [-0.4, -0.2) is 17.7 Å². The van der Waals surface area contributed by atoms with Gasteiger partial charge in [-0.2, -0.15) is 11.8 Å². The van der Waals surface area contributed by atoms with Crippen molar-refractivity contribution in [2.45, 2.75) is 5.25 Å². The fourth-order valence-electron chi connectivity index (χ4n) is 0.986. The van der Waals surface area contributed by atoms with Crippen molar-refractivity contribution >= 4 is 18.0 Å². The molecule has 64 valence electrons. The topological polar surface area (TPSA) is 32.6 Å². The van der Waals surface area contributed by atoms with E-state index in [9.17, 15) is 0 Å². The van der Waals surface area contributed by atoms with Gasteiger partial charge in [-0.05, 0) is 11.8 Å². The molecule has 0 aliphatic carbocycles. The number of hydrogen-bond acceptors (Lipinski definition) is 3. The summed E-state index contributed by atoms with van der Waals surface area (Å²) in [4.78, 5) is 0. The van der Waals surface area contributed by atoms with Gasteiger partial charge >= 0.3 is 0 Å². The lowest BCUT2D eigenvalue weighted by Crippen LogP contribution is -1.93. The molecule has 1 atom stereocenters. The molecule has 0 saturated heterocycles. The smallest absolute Gasteiger partial charge is 0.0680 e. The molecule has 0 fully saturated rings. The van der Waals surface area contributed by atoms with Crippen LogP contribution < -0.4 is 0 Å². The quantitative estimate of drug-likeness (QED) is 0.441. The Hall–Kier alpha value is -0.960. The Kier molecular flexibility index (Phi) is 3.67. The molecule has 1 N–H and O–H groups in total. The van der Waals surface area contributed by atoms with Crippen LogP contribution in [0.4, 0.5) is 0 Å². The summed E-state index contributed by atoms with van der Waals surface area (Å²) in [6, 6.07) is 9.95. The predicted octanol–water partition coefficient (Wildman–Crippen LogP) is 2.55. The molecule has 0 saturated carbocycles. The molecule has 0 amide bonds. The van der Waals surface area contributed by atoms with Gasteiger partial charge in [0.25, 0.3) is 0 Å². The summed E-state index contributed by atoms with van der Waals surface area (Å²) < 4.78 is 0. The molecule has 1 aromatic rings. The number of nitrogens with zero attached hydrogens (tertiary/aromatic N) is 1. The Morgan fingerprint density at radius 1 is 1.42 bits per heavy atom. The van der Waals surface area contributed by atoms with Crippen LogP contribution in [0.3, 0.4) is 0 Å². The molecule has 3 heteroatoms. The van der Waals surface area contributed by atoms with E-state index >= 15 is 0 Å². The van der Waals surface area contributed by atoms with Crippen LogP contribution in [0.2, 0.25) is 0 Å². The van der Waals surface area contributed by atoms with Crippen molar-refractivity contribution in [3.63, 3.8) is 0 Å². The maximum absolute atomic E-state index is 8.39. The predicted molar refractivity (Wildman–Crippen MR) is 53.0 cm³/mol. The molecule has 0 aromatic heterocycles. The van der Waals surface area contributed by atoms with Gasteiger partial charge in [-0.15, -0.1) is 5.16 Å². The fourth-order valence-corrected chi connectivity index (χ4v) is 1.59. The van der Waals surface area contributed by atoms with E-state index in [2.05, 4.69) is 5.16 Å². The summed E-state index contributed by atoms with van der Waals surface area (Å²) in [5.74, 6) is 0. The molecule has 0 aliphatic rings. The highest BCUT2D eigenvalue weighted by atomic mass is 32.2. The van der Waals surface area contributed by atoms with Crippen molar-refractivity contribution in [3.8, 4) is 0 Å². The van der Waals surface area contributed by atoms with Crippen LogP contribution >= 0.6 is 11.8 Å². The third-order valence-electron chi connectivity index (χ3n) is 1.58. The lowest BCUT2D eigenvalue weighted by Gasteiger charge is -2.07. The van der Waals surface area contributed by atoms with Gasteiger partial charge in [-0.25, -0.2) is 0 Å². The van der Waals surface area contributed by atoms with E-state index in [1.54, 1.807) is 11.8 Å². The molecular weight excluding hydrogens is 170 g/mol. The van der Waals surface area contributed by atoms with Crippen LogP contribution in [0.15, 0.2) is 35.5 Å².